The Morgan fingerprint density at radius 3 is 2.68 bits per heavy atom. The Kier molecular flexibility index (Phi) is 4.01. The number of likely N-dealkylation sites (tertiary alicyclic amines) is 1. The Bertz CT molecular complexity index is 869. The first-order chi connectivity index (χ1) is 12.1. The van der Waals surface area contributed by atoms with Gasteiger partial charge in [0.25, 0.3) is 0 Å². The molecule has 4 rings (SSSR count). The molecule has 0 unspecified atom stereocenters. The molecule has 0 aliphatic carbocycles. The van der Waals surface area contributed by atoms with E-state index in [2.05, 4.69) is 0 Å². The zero-order valence-corrected chi connectivity index (χ0v) is 13.7. The van der Waals surface area contributed by atoms with Crippen LogP contribution in [-0.2, 0) is 6.54 Å². The van der Waals surface area contributed by atoms with Crippen molar-refractivity contribution in [2.24, 2.45) is 0 Å². The van der Waals surface area contributed by atoms with Gasteiger partial charge in [-0.05, 0) is 24.3 Å². The molecule has 2 aliphatic rings. The summed E-state index contributed by atoms with van der Waals surface area (Å²) in [5.74, 6) is -0.0590. The normalized spacial score (nSPS) is 18.6. The zero-order chi connectivity index (χ0) is 17.4. The molecule has 0 amide bonds. The molecule has 5 heteroatoms. The van der Waals surface area contributed by atoms with Crippen molar-refractivity contribution in [2.45, 2.75) is 19.4 Å². The van der Waals surface area contributed by atoms with E-state index in [1.807, 2.05) is 0 Å². The minimum Gasteiger partial charge on any atom is -0.507 e. The minimum atomic E-state index is -0.410. The molecule has 2 aliphatic heterocycles. The van der Waals surface area contributed by atoms with Crippen molar-refractivity contribution in [3.63, 3.8) is 0 Å². The summed E-state index contributed by atoms with van der Waals surface area (Å²) in [6.07, 6.45) is 3.76. The number of hydrogen-bond donors (Lipinski definition) is 2. The summed E-state index contributed by atoms with van der Waals surface area (Å²) < 4.78 is 19.6. The van der Waals surface area contributed by atoms with E-state index in [0.717, 1.165) is 13.1 Å². The van der Waals surface area contributed by atoms with Gasteiger partial charge in [-0.15, -0.1) is 0 Å². The number of aromatic hydroxyl groups is 1. The smallest absolute Gasteiger partial charge is 0.231 e. The molecule has 0 saturated carbocycles. The van der Waals surface area contributed by atoms with Gasteiger partial charge in [-0.2, -0.15) is 0 Å². The first kappa shape index (κ1) is 15.8. The monoisotopic (exact) mass is 340 g/mol. The highest BCUT2D eigenvalue weighted by Gasteiger charge is 2.33. The Balaban J connectivity index is 1.70. The molecule has 2 N–H and O–H groups in total. The van der Waals surface area contributed by atoms with E-state index in [0.29, 0.717) is 29.0 Å². The molecule has 0 aromatic heterocycles. The van der Waals surface area contributed by atoms with Gasteiger partial charge in [-0.1, -0.05) is 18.2 Å². The summed E-state index contributed by atoms with van der Waals surface area (Å²) >= 11 is 0. The molecule has 128 valence electrons. The van der Waals surface area contributed by atoms with Gasteiger partial charge in [-0.25, -0.2) is 4.39 Å². The Morgan fingerprint density at radius 2 is 1.92 bits per heavy atom. The minimum absolute atomic E-state index is 0.0865. The number of phenols is 1. The van der Waals surface area contributed by atoms with Crippen LogP contribution in [0.25, 0.3) is 6.08 Å². The quantitative estimate of drug-likeness (QED) is 0.843. The lowest BCUT2D eigenvalue weighted by molar-refractivity contribution is -0.901. The topological polar surface area (TPSA) is 51.0 Å². The summed E-state index contributed by atoms with van der Waals surface area (Å²) in [5, 5.41) is 10.3. The van der Waals surface area contributed by atoms with Crippen molar-refractivity contribution < 1.29 is 23.9 Å². The number of allylic oxidation sites excluding steroid dienone is 1. The fourth-order valence-electron chi connectivity index (χ4n) is 3.50. The number of benzene rings is 2. The van der Waals surface area contributed by atoms with Crippen molar-refractivity contribution in [3.05, 3.63) is 64.7 Å². The maximum Gasteiger partial charge on any atom is 0.231 e. The van der Waals surface area contributed by atoms with Gasteiger partial charge in [0, 0.05) is 18.4 Å². The fourth-order valence-corrected chi connectivity index (χ4v) is 3.50. The number of carbonyl (C=O) groups is 1. The average Bonchev–Trinajstić information content (AvgIpc) is 3.21. The van der Waals surface area contributed by atoms with Crippen LogP contribution in [0.3, 0.4) is 0 Å². The molecule has 0 radical (unpaired) electrons. The second kappa shape index (κ2) is 6.33. The number of ketones is 1. The van der Waals surface area contributed by atoms with E-state index in [4.69, 9.17) is 4.74 Å². The highest BCUT2D eigenvalue weighted by atomic mass is 19.1. The van der Waals surface area contributed by atoms with E-state index in [9.17, 15) is 14.3 Å². The molecule has 0 bridgehead atoms. The Labute approximate surface area is 145 Å². The van der Waals surface area contributed by atoms with Crippen molar-refractivity contribution >= 4 is 11.9 Å². The molecule has 2 aromatic carbocycles. The molecule has 2 aromatic rings. The lowest BCUT2D eigenvalue weighted by Crippen LogP contribution is -3.08. The molecule has 0 spiro atoms. The summed E-state index contributed by atoms with van der Waals surface area (Å²) in [7, 11) is 0. The van der Waals surface area contributed by atoms with Crippen molar-refractivity contribution in [1.29, 1.82) is 0 Å². The second-order valence-electron chi connectivity index (χ2n) is 6.54. The predicted octanol–water partition coefficient (Wildman–Crippen LogP) is 2.33. The highest BCUT2D eigenvalue weighted by molar-refractivity contribution is 6.15. The van der Waals surface area contributed by atoms with Crippen LogP contribution in [0.4, 0.5) is 4.39 Å². The van der Waals surface area contributed by atoms with Gasteiger partial charge in [0.05, 0.1) is 24.2 Å². The van der Waals surface area contributed by atoms with E-state index in [1.54, 1.807) is 24.3 Å². The molecule has 25 heavy (non-hydrogen) atoms. The van der Waals surface area contributed by atoms with E-state index in [-0.39, 0.29) is 17.3 Å². The molecule has 0 atom stereocenters. The lowest BCUT2D eigenvalue weighted by Gasteiger charge is -2.15. The molecule has 1 fully saturated rings. The predicted molar refractivity (Wildman–Crippen MR) is 91.1 cm³/mol. The van der Waals surface area contributed by atoms with Crippen molar-refractivity contribution in [3.8, 4) is 11.5 Å². The van der Waals surface area contributed by atoms with E-state index >= 15 is 0 Å². The van der Waals surface area contributed by atoms with Crippen LogP contribution in [-0.4, -0.2) is 24.0 Å². The number of nitrogens with one attached hydrogen (secondary N) is 1. The van der Waals surface area contributed by atoms with Crippen LogP contribution in [0.5, 0.6) is 11.5 Å². The SMILES string of the molecule is O=C1/C(=C/c2ccccc2F)Oc2c1ccc(O)c2C[NH+]1CCCC1. The van der Waals surface area contributed by atoms with Crippen LogP contribution in [0.2, 0.25) is 0 Å². The number of hydrogen-bond acceptors (Lipinski definition) is 3. The molecular weight excluding hydrogens is 321 g/mol. The number of phenolic OH excluding ortho intramolecular Hbond substituents is 1. The number of Topliss-reactive ketones (excluding diaryl/α,β-unsaturated/α-hetero) is 1. The third kappa shape index (κ3) is 2.91. The second-order valence-corrected chi connectivity index (χ2v) is 6.54. The van der Waals surface area contributed by atoms with Gasteiger partial charge in [0.2, 0.25) is 5.78 Å². The van der Waals surface area contributed by atoms with E-state index in [1.165, 1.54) is 36.0 Å². The Morgan fingerprint density at radius 1 is 1.16 bits per heavy atom. The summed E-state index contributed by atoms with van der Waals surface area (Å²) in [4.78, 5) is 14.0. The van der Waals surface area contributed by atoms with Crippen LogP contribution in [0.15, 0.2) is 42.2 Å². The summed E-state index contributed by atoms with van der Waals surface area (Å²) in [5.41, 5.74) is 1.38. The maximum absolute atomic E-state index is 13.9. The number of carbonyl (C=O) groups excluding carboxylic acids is 1. The highest BCUT2D eigenvalue weighted by Crippen LogP contribution is 2.39. The van der Waals surface area contributed by atoms with Crippen LogP contribution in [0.1, 0.15) is 34.3 Å². The molecular formula is C20H19FNO3+. The maximum atomic E-state index is 13.9. The van der Waals surface area contributed by atoms with Crippen molar-refractivity contribution in [1.82, 2.24) is 0 Å². The molecule has 1 saturated heterocycles. The van der Waals surface area contributed by atoms with Gasteiger partial charge < -0.3 is 14.7 Å². The summed E-state index contributed by atoms with van der Waals surface area (Å²) in [6, 6.07) is 9.34. The van der Waals surface area contributed by atoms with Crippen LogP contribution in [0, 0.1) is 5.82 Å². The van der Waals surface area contributed by atoms with Gasteiger partial charge >= 0.3 is 0 Å². The summed E-state index contributed by atoms with van der Waals surface area (Å²) in [6.45, 7) is 2.72. The zero-order valence-electron chi connectivity index (χ0n) is 13.7. The average molecular weight is 340 g/mol. The fraction of sp³-hybridized carbons (Fsp3) is 0.250. The number of quaternary nitrogens is 1. The van der Waals surface area contributed by atoms with Crippen molar-refractivity contribution in [2.75, 3.05) is 13.1 Å². The largest absolute Gasteiger partial charge is 0.507 e. The first-order valence-corrected chi connectivity index (χ1v) is 8.50. The first-order valence-electron chi connectivity index (χ1n) is 8.50. The number of fused-ring (bicyclic) bond motifs is 1. The van der Waals surface area contributed by atoms with Crippen LogP contribution < -0.4 is 9.64 Å². The van der Waals surface area contributed by atoms with Gasteiger partial charge in [-0.3, -0.25) is 4.79 Å². The third-order valence-corrected chi connectivity index (χ3v) is 4.85. The number of rotatable bonds is 3. The van der Waals surface area contributed by atoms with Gasteiger partial charge in [0.15, 0.2) is 11.5 Å². The van der Waals surface area contributed by atoms with Crippen LogP contribution >= 0.6 is 0 Å². The third-order valence-electron chi connectivity index (χ3n) is 4.85. The van der Waals surface area contributed by atoms with E-state index < -0.39 is 5.82 Å². The Hall–Kier alpha value is -2.66. The van der Waals surface area contributed by atoms with Gasteiger partial charge in [0.1, 0.15) is 18.1 Å². The molecule has 2 heterocycles. The number of ether oxygens (including phenoxy) is 1. The number of halogens is 1. The lowest BCUT2D eigenvalue weighted by atomic mass is 10.0. The standard InChI is InChI=1S/C20H18FNO3/c21-16-6-2-1-5-13(16)11-18-19(24)14-7-8-17(23)15(20(14)25-18)12-22-9-3-4-10-22/h1-2,5-8,11,23H,3-4,9-10,12H2/p+1/b18-11-. The molecule has 4 nitrogen and oxygen atoms in total.